The summed E-state index contributed by atoms with van der Waals surface area (Å²) in [5, 5.41) is 14.3. The molecule has 10 heavy (non-hydrogen) atoms. The molecule has 0 unspecified atom stereocenters. The van der Waals surface area contributed by atoms with Crippen molar-refractivity contribution in [1.82, 2.24) is 25.4 Å². The number of hydrogen-bond donors (Lipinski definition) is 0. The first kappa shape index (κ1) is 5.16. The van der Waals surface area contributed by atoms with Gasteiger partial charge in [0.25, 0.3) is 0 Å². The van der Waals surface area contributed by atoms with E-state index in [4.69, 9.17) is 0 Å². The van der Waals surface area contributed by atoms with Gasteiger partial charge in [0.15, 0.2) is 0 Å². The minimum absolute atomic E-state index is 0.446. The zero-order valence-corrected chi connectivity index (χ0v) is 4.89. The number of hydrogen-bond acceptors (Lipinski definition) is 5. The first-order valence-corrected chi connectivity index (χ1v) is 2.64. The molecule has 1 radical (unpaired) electrons. The van der Waals surface area contributed by atoms with Crippen molar-refractivity contribution in [3.8, 4) is 0 Å². The largest absolute Gasteiger partial charge is 0.231 e. The van der Waals surface area contributed by atoms with Crippen molar-refractivity contribution in [2.75, 3.05) is 0 Å². The van der Waals surface area contributed by atoms with E-state index >= 15 is 0 Å². The van der Waals surface area contributed by atoms with Gasteiger partial charge >= 0.3 is 0 Å². The maximum absolute atomic E-state index is 3.87. The van der Waals surface area contributed by atoms with Crippen LogP contribution in [-0.4, -0.2) is 25.4 Å². The molecule has 2 aromatic rings. The number of nitrogens with zero attached hydrogens (tertiary/aromatic N) is 5. The standard InChI is InChI=1S/C5H2N5/c1-2-7-9-5-4(1)6-3-8-10-5/h1,3H. The molecular weight excluding hydrogens is 130 g/mol. The van der Waals surface area contributed by atoms with Crippen LogP contribution in [0.15, 0.2) is 12.4 Å². The Balaban J connectivity index is 2.89. The van der Waals surface area contributed by atoms with Crippen LogP contribution in [0, 0.1) is 6.20 Å². The van der Waals surface area contributed by atoms with Gasteiger partial charge < -0.3 is 0 Å². The average molecular weight is 132 g/mol. The summed E-state index contributed by atoms with van der Waals surface area (Å²) in [6.07, 6.45) is 3.90. The molecule has 0 N–H and O–H groups in total. The van der Waals surface area contributed by atoms with Crippen molar-refractivity contribution in [3.05, 3.63) is 18.6 Å². The summed E-state index contributed by atoms with van der Waals surface area (Å²) in [6.45, 7) is 0. The first-order valence-electron chi connectivity index (χ1n) is 2.64. The number of aromatic nitrogens is 5. The predicted molar refractivity (Wildman–Crippen MR) is 31.8 cm³/mol. The molecule has 0 spiro atoms. The Hall–Kier alpha value is -1.65. The molecule has 0 saturated heterocycles. The molecule has 2 rings (SSSR count). The summed E-state index contributed by atoms with van der Waals surface area (Å²) < 4.78 is 0. The van der Waals surface area contributed by atoms with Crippen molar-refractivity contribution in [2.45, 2.75) is 0 Å². The Morgan fingerprint density at radius 3 is 3.20 bits per heavy atom. The molecule has 2 heterocycles. The highest BCUT2D eigenvalue weighted by atomic mass is 15.2. The van der Waals surface area contributed by atoms with E-state index in [1.165, 1.54) is 6.33 Å². The van der Waals surface area contributed by atoms with Gasteiger partial charge in [-0.25, -0.2) is 4.98 Å². The van der Waals surface area contributed by atoms with Gasteiger partial charge in [-0.1, -0.05) is 0 Å². The van der Waals surface area contributed by atoms with Gasteiger partial charge in [-0.15, -0.1) is 20.4 Å². The maximum atomic E-state index is 3.87. The lowest BCUT2D eigenvalue weighted by Gasteiger charge is -1.86. The zero-order valence-electron chi connectivity index (χ0n) is 4.89. The summed E-state index contributed by atoms with van der Waals surface area (Å²) in [6, 6.07) is 1.61. The highest BCUT2D eigenvalue weighted by Crippen LogP contribution is 1.96. The molecule has 0 aliphatic heterocycles. The lowest BCUT2D eigenvalue weighted by atomic mass is 10.5. The van der Waals surface area contributed by atoms with Crippen LogP contribution in [0.5, 0.6) is 0 Å². The van der Waals surface area contributed by atoms with Crippen LogP contribution in [0.2, 0.25) is 0 Å². The Kier molecular flexibility index (Phi) is 1.00. The second-order valence-electron chi connectivity index (χ2n) is 1.64. The SMILES string of the molecule is [c]1cc2ncnnc2nn1. The highest BCUT2D eigenvalue weighted by Gasteiger charge is 1.92. The van der Waals surface area contributed by atoms with Gasteiger partial charge in [0.2, 0.25) is 5.65 Å². The molecule has 47 valence electrons. The minimum Gasteiger partial charge on any atom is -0.231 e. The summed E-state index contributed by atoms with van der Waals surface area (Å²) in [4.78, 5) is 3.87. The molecule has 0 atom stereocenters. The van der Waals surface area contributed by atoms with Crippen molar-refractivity contribution in [2.24, 2.45) is 0 Å². The topological polar surface area (TPSA) is 64.5 Å². The molecule has 0 aliphatic carbocycles. The van der Waals surface area contributed by atoms with Crippen LogP contribution in [-0.2, 0) is 0 Å². The fourth-order valence-electron chi connectivity index (χ4n) is 0.617. The fourth-order valence-corrected chi connectivity index (χ4v) is 0.617. The van der Waals surface area contributed by atoms with Crippen LogP contribution in [0.1, 0.15) is 0 Å². The van der Waals surface area contributed by atoms with Crippen molar-refractivity contribution in [1.29, 1.82) is 0 Å². The van der Waals surface area contributed by atoms with Crippen LogP contribution in [0.3, 0.4) is 0 Å². The fraction of sp³-hybridized carbons (Fsp3) is 0. The van der Waals surface area contributed by atoms with Crippen molar-refractivity contribution in [3.63, 3.8) is 0 Å². The third-order valence-corrected chi connectivity index (χ3v) is 1.03. The van der Waals surface area contributed by atoms with Gasteiger partial charge in [-0.2, -0.15) is 0 Å². The number of fused-ring (bicyclic) bond motifs is 1. The third kappa shape index (κ3) is 0.680. The normalized spacial score (nSPS) is 10.0. The third-order valence-electron chi connectivity index (χ3n) is 1.03. The van der Waals surface area contributed by atoms with Gasteiger partial charge in [0.1, 0.15) is 18.0 Å². The van der Waals surface area contributed by atoms with Gasteiger partial charge in [-0.05, 0) is 6.07 Å². The molecule has 0 saturated carbocycles. The molecule has 0 aliphatic rings. The quantitative estimate of drug-likeness (QED) is 0.488. The second-order valence-corrected chi connectivity index (χ2v) is 1.64. The smallest absolute Gasteiger partial charge is 0.222 e. The number of rotatable bonds is 0. The molecule has 0 bridgehead atoms. The maximum Gasteiger partial charge on any atom is 0.222 e. The van der Waals surface area contributed by atoms with E-state index in [0.717, 1.165) is 0 Å². The van der Waals surface area contributed by atoms with Gasteiger partial charge in [0, 0.05) is 0 Å². The summed E-state index contributed by atoms with van der Waals surface area (Å²) in [5.74, 6) is 0. The first-order chi connectivity index (χ1) is 4.97. The lowest BCUT2D eigenvalue weighted by molar-refractivity contribution is 0.953. The van der Waals surface area contributed by atoms with Crippen LogP contribution in [0.25, 0.3) is 11.2 Å². The Labute approximate surface area is 56.1 Å². The molecule has 5 nitrogen and oxygen atoms in total. The summed E-state index contributed by atoms with van der Waals surface area (Å²) in [5.41, 5.74) is 1.10. The lowest BCUT2D eigenvalue weighted by Crippen LogP contribution is -1.90. The van der Waals surface area contributed by atoms with Gasteiger partial charge in [-0.3, -0.25) is 0 Å². The molecule has 2 aromatic heterocycles. The minimum atomic E-state index is 0.446. The van der Waals surface area contributed by atoms with E-state index in [1.54, 1.807) is 6.07 Å². The van der Waals surface area contributed by atoms with E-state index in [9.17, 15) is 0 Å². The second kappa shape index (κ2) is 1.94. The van der Waals surface area contributed by atoms with Crippen molar-refractivity contribution >= 4 is 11.2 Å². The molecule has 0 aromatic carbocycles. The molecule has 0 amide bonds. The van der Waals surface area contributed by atoms with Crippen molar-refractivity contribution < 1.29 is 0 Å². The van der Waals surface area contributed by atoms with E-state index in [-0.39, 0.29) is 0 Å². The van der Waals surface area contributed by atoms with Gasteiger partial charge in [0.05, 0.1) is 0 Å². The average Bonchev–Trinajstić information content (AvgIpc) is 2.05. The summed E-state index contributed by atoms with van der Waals surface area (Å²) in [7, 11) is 0. The molecular formula is C5H2N5. The Bertz CT molecular complexity index is 281. The highest BCUT2D eigenvalue weighted by molar-refractivity contribution is 5.66. The Morgan fingerprint density at radius 2 is 2.30 bits per heavy atom. The van der Waals surface area contributed by atoms with E-state index in [2.05, 4.69) is 31.6 Å². The van der Waals surface area contributed by atoms with E-state index in [1.807, 2.05) is 0 Å². The van der Waals surface area contributed by atoms with E-state index < -0.39 is 0 Å². The van der Waals surface area contributed by atoms with Crippen LogP contribution >= 0.6 is 0 Å². The molecule has 5 heteroatoms. The van der Waals surface area contributed by atoms with E-state index in [0.29, 0.717) is 11.2 Å². The van der Waals surface area contributed by atoms with Crippen LogP contribution < -0.4 is 0 Å². The predicted octanol–water partition coefficient (Wildman–Crippen LogP) is -0.385. The Morgan fingerprint density at radius 1 is 1.30 bits per heavy atom. The molecule has 0 fully saturated rings. The zero-order chi connectivity index (χ0) is 6.81. The monoisotopic (exact) mass is 132 g/mol. The summed E-state index contributed by atoms with van der Waals surface area (Å²) >= 11 is 0. The van der Waals surface area contributed by atoms with Crippen LogP contribution in [0.4, 0.5) is 0 Å².